The molecule has 128 valence electrons. The van der Waals surface area contributed by atoms with Gasteiger partial charge in [-0.05, 0) is 43.0 Å². The maximum atomic E-state index is 5.37. The number of para-hydroxylation sites is 1. The summed E-state index contributed by atoms with van der Waals surface area (Å²) in [6.45, 7) is 3.61. The van der Waals surface area contributed by atoms with Gasteiger partial charge in [-0.25, -0.2) is 0 Å². The highest BCUT2D eigenvalue weighted by molar-refractivity contribution is 5.79. The second-order valence-corrected chi connectivity index (χ2v) is 5.55. The van der Waals surface area contributed by atoms with E-state index in [0.29, 0.717) is 0 Å². The van der Waals surface area contributed by atoms with Gasteiger partial charge in [-0.1, -0.05) is 24.3 Å². The van der Waals surface area contributed by atoms with Crippen molar-refractivity contribution in [3.05, 3.63) is 59.4 Å². The normalized spacial score (nSPS) is 11.2. The van der Waals surface area contributed by atoms with E-state index in [9.17, 15) is 0 Å². The van der Waals surface area contributed by atoms with E-state index >= 15 is 0 Å². The van der Waals surface area contributed by atoms with Crippen molar-refractivity contribution in [2.75, 3.05) is 27.2 Å². The van der Waals surface area contributed by atoms with E-state index < -0.39 is 0 Å². The molecule has 1 aromatic carbocycles. The molecule has 0 amide bonds. The fraction of sp³-hybridized carbons (Fsp3) is 0.368. The molecule has 0 unspecified atom stereocenters. The number of aromatic nitrogens is 1. The predicted molar refractivity (Wildman–Crippen MR) is 98.7 cm³/mol. The molecule has 0 saturated heterocycles. The van der Waals surface area contributed by atoms with Gasteiger partial charge in [-0.3, -0.25) is 9.98 Å². The average Bonchev–Trinajstić information content (AvgIpc) is 2.62. The van der Waals surface area contributed by atoms with Gasteiger partial charge in [0.05, 0.1) is 7.11 Å². The highest BCUT2D eigenvalue weighted by Gasteiger charge is 2.02. The Morgan fingerprint density at radius 2 is 1.83 bits per heavy atom. The minimum atomic E-state index is 0.798. The van der Waals surface area contributed by atoms with Gasteiger partial charge >= 0.3 is 0 Å². The molecule has 0 spiro atoms. The monoisotopic (exact) mass is 326 g/mol. The van der Waals surface area contributed by atoms with E-state index in [1.54, 1.807) is 14.2 Å². The Morgan fingerprint density at radius 1 is 1.08 bits per heavy atom. The summed E-state index contributed by atoms with van der Waals surface area (Å²) in [5.41, 5.74) is 3.45. The Bertz CT molecular complexity index is 653. The third-order valence-corrected chi connectivity index (χ3v) is 3.78. The number of rotatable bonds is 7. The number of hydrogen-bond acceptors (Lipinski definition) is 3. The number of aryl methyl sites for hydroxylation is 1. The van der Waals surface area contributed by atoms with Crippen LogP contribution in [0, 0.1) is 6.92 Å². The third kappa shape index (κ3) is 5.57. The Kier molecular flexibility index (Phi) is 7.08. The van der Waals surface area contributed by atoms with Crippen LogP contribution in [0.5, 0.6) is 5.75 Å². The summed E-state index contributed by atoms with van der Waals surface area (Å²) in [6, 6.07) is 12.2. The summed E-state index contributed by atoms with van der Waals surface area (Å²) in [4.78, 5) is 8.57. The number of nitrogens with one attached hydrogen (secondary N) is 2. The Hall–Kier alpha value is -2.56. The number of benzene rings is 1. The first kappa shape index (κ1) is 17.8. The van der Waals surface area contributed by atoms with Gasteiger partial charge in [0, 0.05) is 32.0 Å². The zero-order valence-corrected chi connectivity index (χ0v) is 14.7. The molecular weight excluding hydrogens is 300 g/mol. The van der Waals surface area contributed by atoms with Gasteiger partial charge in [0.1, 0.15) is 5.75 Å². The minimum Gasteiger partial charge on any atom is -0.496 e. The topological polar surface area (TPSA) is 58.5 Å². The van der Waals surface area contributed by atoms with E-state index in [2.05, 4.69) is 32.7 Å². The van der Waals surface area contributed by atoms with Gasteiger partial charge in [0.2, 0.25) is 0 Å². The molecule has 1 heterocycles. The SMILES string of the molecule is CN=C(NCCc1ccc(C)nc1)NCCc1ccccc1OC. The van der Waals surface area contributed by atoms with Gasteiger partial charge in [-0.15, -0.1) is 0 Å². The largest absolute Gasteiger partial charge is 0.496 e. The molecule has 0 atom stereocenters. The number of pyridine rings is 1. The van der Waals surface area contributed by atoms with Crippen LogP contribution in [0.25, 0.3) is 0 Å². The lowest BCUT2D eigenvalue weighted by Crippen LogP contribution is -2.39. The maximum absolute atomic E-state index is 5.37. The standard InChI is InChI=1S/C19H26N4O/c1-15-8-9-16(14-23-15)10-12-21-19(20-2)22-13-11-17-6-4-5-7-18(17)24-3/h4-9,14H,10-13H2,1-3H3,(H2,20,21,22). The van der Waals surface area contributed by atoms with Crippen molar-refractivity contribution < 1.29 is 4.74 Å². The molecule has 5 nitrogen and oxygen atoms in total. The summed E-state index contributed by atoms with van der Waals surface area (Å²) in [5, 5.41) is 6.66. The summed E-state index contributed by atoms with van der Waals surface area (Å²) in [6.07, 6.45) is 3.72. The summed E-state index contributed by atoms with van der Waals surface area (Å²) < 4.78 is 5.37. The lowest BCUT2D eigenvalue weighted by Gasteiger charge is -2.13. The predicted octanol–water partition coefficient (Wildman–Crippen LogP) is 2.35. The molecule has 0 aliphatic carbocycles. The maximum Gasteiger partial charge on any atom is 0.190 e. The van der Waals surface area contributed by atoms with Crippen LogP contribution in [0.2, 0.25) is 0 Å². The zero-order chi connectivity index (χ0) is 17.2. The van der Waals surface area contributed by atoms with E-state index in [1.807, 2.05) is 37.4 Å². The molecule has 0 aliphatic heterocycles. The van der Waals surface area contributed by atoms with Crippen molar-refractivity contribution in [1.29, 1.82) is 0 Å². The molecule has 0 bridgehead atoms. The lowest BCUT2D eigenvalue weighted by molar-refractivity contribution is 0.409. The highest BCUT2D eigenvalue weighted by atomic mass is 16.5. The molecular formula is C19H26N4O. The Labute approximate surface area is 144 Å². The van der Waals surface area contributed by atoms with Crippen molar-refractivity contribution in [2.45, 2.75) is 19.8 Å². The van der Waals surface area contributed by atoms with Crippen LogP contribution in [-0.4, -0.2) is 38.2 Å². The van der Waals surface area contributed by atoms with Gasteiger partial charge < -0.3 is 15.4 Å². The van der Waals surface area contributed by atoms with E-state index in [4.69, 9.17) is 4.74 Å². The third-order valence-electron chi connectivity index (χ3n) is 3.78. The first-order valence-electron chi connectivity index (χ1n) is 8.21. The lowest BCUT2D eigenvalue weighted by atomic mass is 10.1. The summed E-state index contributed by atoms with van der Waals surface area (Å²) >= 11 is 0. The number of aliphatic imine (C=N–C) groups is 1. The molecule has 2 N–H and O–H groups in total. The summed E-state index contributed by atoms with van der Waals surface area (Å²) in [5.74, 6) is 1.74. The Balaban J connectivity index is 1.73. The number of guanidine groups is 1. The Morgan fingerprint density at radius 3 is 2.50 bits per heavy atom. The van der Waals surface area contributed by atoms with Crippen molar-refractivity contribution in [1.82, 2.24) is 15.6 Å². The van der Waals surface area contributed by atoms with Crippen LogP contribution < -0.4 is 15.4 Å². The molecule has 5 heteroatoms. The van der Waals surface area contributed by atoms with Crippen molar-refractivity contribution in [2.24, 2.45) is 4.99 Å². The molecule has 0 fully saturated rings. The number of ether oxygens (including phenoxy) is 1. The van der Waals surface area contributed by atoms with Crippen LogP contribution in [0.4, 0.5) is 0 Å². The minimum absolute atomic E-state index is 0.798. The van der Waals surface area contributed by atoms with E-state index in [1.165, 1.54) is 11.1 Å². The molecule has 24 heavy (non-hydrogen) atoms. The summed E-state index contributed by atoms with van der Waals surface area (Å²) in [7, 11) is 3.48. The van der Waals surface area contributed by atoms with Gasteiger partial charge in [-0.2, -0.15) is 0 Å². The first-order valence-corrected chi connectivity index (χ1v) is 8.21. The first-order chi connectivity index (χ1) is 11.7. The fourth-order valence-electron chi connectivity index (χ4n) is 2.42. The van der Waals surface area contributed by atoms with Crippen LogP contribution in [0.3, 0.4) is 0 Å². The van der Waals surface area contributed by atoms with Crippen LogP contribution in [0.1, 0.15) is 16.8 Å². The highest BCUT2D eigenvalue weighted by Crippen LogP contribution is 2.17. The van der Waals surface area contributed by atoms with E-state index in [-0.39, 0.29) is 0 Å². The van der Waals surface area contributed by atoms with E-state index in [0.717, 1.165) is 43.3 Å². The van der Waals surface area contributed by atoms with Gasteiger partial charge in [0.25, 0.3) is 0 Å². The molecule has 2 aromatic rings. The zero-order valence-electron chi connectivity index (χ0n) is 14.7. The molecule has 1 aromatic heterocycles. The molecule has 0 saturated carbocycles. The molecule has 0 radical (unpaired) electrons. The molecule has 2 rings (SSSR count). The average molecular weight is 326 g/mol. The van der Waals surface area contributed by atoms with Crippen molar-refractivity contribution in [3.8, 4) is 5.75 Å². The second-order valence-electron chi connectivity index (χ2n) is 5.55. The number of nitrogens with zero attached hydrogens (tertiary/aromatic N) is 2. The number of hydrogen-bond donors (Lipinski definition) is 2. The van der Waals surface area contributed by atoms with Crippen LogP contribution in [-0.2, 0) is 12.8 Å². The quantitative estimate of drug-likeness (QED) is 0.606. The van der Waals surface area contributed by atoms with Crippen LogP contribution >= 0.6 is 0 Å². The number of methoxy groups -OCH3 is 1. The van der Waals surface area contributed by atoms with Crippen LogP contribution in [0.15, 0.2) is 47.6 Å². The van der Waals surface area contributed by atoms with Crippen molar-refractivity contribution in [3.63, 3.8) is 0 Å². The van der Waals surface area contributed by atoms with Crippen molar-refractivity contribution >= 4 is 5.96 Å². The van der Waals surface area contributed by atoms with Gasteiger partial charge in [0.15, 0.2) is 5.96 Å². The second kappa shape index (κ2) is 9.55. The molecule has 0 aliphatic rings. The smallest absolute Gasteiger partial charge is 0.190 e. The fourth-order valence-corrected chi connectivity index (χ4v) is 2.42.